The van der Waals surface area contributed by atoms with Gasteiger partial charge in [-0.1, -0.05) is 54.6 Å². The lowest BCUT2D eigenvalue weighted by Crippen LogP contribution is -2.41. The van der Waals surface area contributed by atoms with Crippen molar-refractivity contribution in [3.05, 3.63) is 122 Å². The molecule has 5 nitrogen and oxygen atoms in total. The minimum Gasteiger partial charge on any atom is -0.399 e. The molecule has 0 atom stereocenters. The van der Waals surface area contributed by atoms with E-state index in [2.05, 4.69) is 152 Å². The highest BCUT2D eigenvalue weighted by Gasteiger charge is 2.51. The number of benzene rings is 4. The molecule has 0 N–H and O–H groups in total. The number of hydrogen-bond acceptors (Lipinski definition) is 3. The highest BCUT2D eigenvalue weighted by Crippen LogP contribution is 2.39. The van der Waals surface area contributed by atoms with E-state index in [1.54, 1.807) is 0 Å². The SMILES string of the molecule is CC1(C)OB(c2ccc(-c3ccc4c(c3)c3ccc5c(ccn5-c5ccccc5)c3n4-c3ccccc3)nc2)OC1(C)C. The second-order valence-corrected chi connectivity index (χ2v) is 12.4. The van der Waals surface area contributed by atoms with Crippen LogP contribution in [0.4, 0.5) is 0 Å². The zero-order valence-electron chi connectivity index (χ0n) is 24.8. The zero-order chi connectivity index (χ0) is 29.3. The first kappa shape index (κ1) is 26.0. The van der Waals surface area contributed by atoms with Crippen molar-refractivity contribution in [3.63, 3.8) is 0 Å². The summed E-state index contributed by atoms with van der Waals surface area (Å²) in [4.78, 5) is 4.86. The molecule has 4 heterocycles. The van der Waals surface area contributed by atoms with Gasteiger partial charge in [0.1, 0.15) is 0 Å². The molecule has 4 aromatic carbocycles. The molecular weight excluding hydrogens is 529 g/mol. The van der Waals surface area contributed by atoms with Gasteiger partial charge in [-0.2, -0.15) is 0 Å². The number of rotatable bonds is 4. The van der Waals surface area contributed by atoms with Gasteiger partial charge in [-0.05, 0) is 82.3 Å². The van der Waals surface area contributed by atoms with Gasteiger partial charge < -0.3 is 18.4 Å². The number of aromatic nitrogens is 3. The standard InChI is InChI=1S/C37H32BN3O2/c1-36(2)37(3,4)43-38(42-36)26-16-18-32(39-24-26)25-15-19-34-31(23-25)29-17-20-33-30(21-22-40(33)27-11-7-5-8-12-27)35(29)41(34)28-13-9-6-10-14-28/h5-24H,1-4H3. The molecule has 7 aromatic rings. The fraction of sp³-hybridized carbons (Fsp3) is 0.162. The Balaban J connectivity index is 1.27. The molecule has 0 saturated carbocycles. The van der Waals surface area contributed by atoms with Crippen molar-refractivity contribution in [2.45, 2.75) is 38.9 Å². The summed E-state index contributed by atoms with van der Waals surface area (Å²) in [6.45, 7) is 8.28. The second-order valence-electron chi connectivity index (χ2n) is 12.4. The van der Waals surface area contributed by atoms with E-state index in [9.17, 15) is 0 Å². The van der Waals surface area contributed by atoms with Crippen molar-refractivity contribution in [3.8, 4) is 22.6 Å². The highest BCUT2D eigenvalue weighted by molar-refractivity contribution is 6.62. The van der Waals surface area contributed by atoms with Crippen LogP contribution in [-0.4, -0.2) is 32.4 Å². The molecule has 43 heavy (non-hydrogen) atoms. The summed E-state index contributed by atoms with van der Waals surface area (Å²) in [5, 5.41) is 3.63. The van der Waals surface area contributed by atoms with Crippen LogP contribution in [0.1, 0.15) is 27.7 Å². The molecule has 8 rings (SSSR count). The van der Waals surface area contributed by atoms with Crippen molar-refractivity contribution < 1.29 is 9.31 Å². The molecular formula is C37H32BN3O2. The van der Waals surface area contributed by atoms with Gasteiger partial charge in [0.2, 0.25) is 0 Å². The predicted molar refractivity (Wildman–Crippen MR) is 177 cm³/mol. The zero-order valence-corrected chi connectivity index (χ0v) is 24.8. The Kier molecular flexibility index (Phi) is 5.71. The third-order valence-electron chi connectivity index (χ3n) is 9.25. The quantitative estimate of drug-likeness (QED) is 0.204. The van der Waals surface area contributed by atoms with Crippen LogP contribution in [0.2, 0.25) is 0 Å². The average Bonchev–Trinajstić information content (AvgIpc) is 3.67. The smallest absolute Gasteiger partial charge is 0.399 e. The van der Waals surface area contributed by atoms with Crippen LogP contribution in [0.25, 0.3) is 55.3 Å². The van der Waals surface area contributed by atoms with E-state index < -0.39 is 7.12 Å². The van der Waals surface area contributed by atoms with Gasteiger partial charge in [-0.3, -0.25) is 4.98 Å². The number of para-hydroxylation sites is 2. The van der Waals surface area contributed by atoms with Crippen LogP contribution < -0.4 is 5.46 Å². The van der Waals surface area contributed by atoms with E-state index in [0.717, 1.165) is 28.1 Å². The third-order valence-corrected chi connectivity index (χ3v) is 9.25. The van der Waals surface area contributed by atoms with Crippen molar-refractivity contribution in [2.24, 2.45) is 0 Å². The molecule has 1 aliphatic heterocycles. The summed E-state index contributed by atoms with van der Waals surface area (Å²) in [5.41, 5.74) is 7.98. The first-order chi connectivity index (χ1) is 20.8. The summed E-state index contributed by atoms with van der Waals surface area (Å²) in [5.74, 6) is 0. The first-order valence-corrected chi connectivity index (χ1v) is 14.8. The van der Waals surface area contributed by atoms with Gasteiger partial charge in [0.05, 0.1) is 33.4 Å². The molecule has 0 spiro atoms. The van der Waals surface area contributed by atoms with Gasteiger partial charge in [0.15, 0.2) is 0 Å². The largest absolute Gasteiger partial charge is 0.496 e. The van der Waals surface area contributed by atoms with Crippen LogP contribution >= 0.6 is 0 Å². The lowest BCUT2D eigenvalue weighted by atomic mass is 9.80. The van der Waals surface area contributed by atoms with Gasteiger partial charge in [-0.15, -0.1) is 0 Å². The summed E-state index contributed by atoms with van der Waals surface area (Å²) in [6.07, 6.45) is 4.05. The monoisotopic (exact) mass is 561 g/mol. The normalized spacial score (nSPS) is 16.0. The fourth-order valence-corrected chi connectivity index (χ4v) is 6.24. The summed E-state index contributed by atoms with van der Waals surface area (Å²) < 4.78 is 17.1. The lowest BCUT2D eigenvalue weighted by Gasteiger charge is -2.32. The van der Waals surface area contributed by atoms with E-state index in [-0.39, 0.29) is 11.2 Å². The molecule has 6 heteroatoms. The van der Waals surface area contributed by atoms with E-state index >= 15 is 0 Å². The Morgan fingerprint density at radius 2 is 1.30 bits per heavy atom. The predicted octanol–water partition coefficient (Wildman–Crippen LogP) is 8.09. The topological polar surface area (TPSA) is 41.2 Å². The summed E-state index contributed by atoms with van der Waals surface area (Å²) in [6, 6.07) is 38.7. The molecule has 210 valence electrons. The molecule has 0 amide bonds. The van der Waals surface area contributed by atoms with Crippen molar-refractivity contribution in [1.29, 1.82) is 0 Å². The Morgan fingerprint density at radius 1 is 0.628 bits per heavy atom. The second kappa shape index (κ2) is 9.43. The molecule has 0 bridgehead atoms. The van der Waals surface area contributed by atoms with E-state index in [0.29, 0.717) is 0 Å². The molecule has 3 aromatic heterocycles. The maximum absolute atomic E-state index is 6.24. The molecule has 0 aliphatic carbocycles. The Labute approximate surface area is 251 Å². The minimum absolute atomic E-state index is 0.387. The van der Waals surface area contributed by atoms with E-state index in [4.69, 9.17) is 14.3 Å². The number of fused-ring (bicyclic) bond motifs is 5. The Hall–Kier alpha value is -4.65. The van der Waals surface area contributed by atoms with Gasteiger partial charge in [0.25, 0.3) is 0 Å². The van der Waals surface area contributed by atoms with Crippen LogP contribution in [0.5, 0.6) is 0 Å². The lowest BCUT2D eigenvalue weighted by molar-refractivity contribution is 0.00578. The van der Waals surface area contributed by atoms with Gasteiger partial charge in [-0.25, -0.2) is 0 Å². The van der Waals surface area contributed by atoms with Crippen LogP contribution in [0.15, 0.2) is 122 Å². The number of hydrogen-bond donors (Lipinski definition) is 0. The maximum atomic E-state index is 6.24. The van der Waals surface area contributed by atoms with Crippen molar-refractivity contribution in [1.82, 2.24) is 14.1 Å². The van der Waals surface area contributed by atoms with Crippen LogP contribution in [-0.2, 0) is 9.31 Å². The highest BCUT2D eigenvalue weighted by atomic mass is 16.7. The molecule has 1 saturated heterocycles. The Morgan fingerprint density at radius 3 is 1.98 bits per heavy atom. The molecule has 1 aliphatic rings. The summed E-state index contributed by atoms with van der Waals surface area (Å²) >= 11 is 0. The fourth-order valence-electron chi connectivity index (χ4n) is 6.24. The van der Waals surface area contributed by atoms with Crippen LogP contribution in [0.3, 0.4) is 0 Å². The van der Waals surface area contributed by atoms with Crippen molar-refractivity contribution in [2.75, 3.05) is 0 Å². The maximum Gasteiger partial charge on any atom is 0.496 e. The first-order valence-electron chi connectivity index (χ1n) is 14.8. The van der Waals surface area contributed by atoms with E-state index in [1.807, 2.05) is 6.20 Å². The molecule has 0 radical (unpaired) electrons. The summed E-state index contributed by atoms with van der Waals surface area (Å²) in [7, 11) is -0.427. The van der Waals surface area contributed by atoms with Crippen molar-refractivity contribution >= 4 is 45.3 Å². The Bertz CT molecular complexity index is 2110. The number of pyridine rings is 1. The van der Waals surface area contributed by atoms with Gasteiger partial charge >= 0.3 is 7.12 Å². The van der Waals surface area contributed by atoms with Gasteiger partial charge in [0, 0.05) is 51.0 Å². The average molecular weight is 561 g/mol. The molecule has 0 unspecified atom stereocenters. The van der Waals surface area contributed by atoms with E-state index in [1.165, 1.54) is 32.7 Å². The minimum atomic E-state index is -0.427. The third kappa shape index (κ3) is 4.05. The number of nitrogens with zero attached hydrogens (tertiary/aromatic N) is 3. The van der Waals surface area contributed by atoms with Crippen LogP contribution in [0, 0.1) is 0 Å². The molecule has 1 fully saturated rings.